The van der Waals surface area contributed by atoms with Crippen molar-refractivity contribution in [3.63, 3.8) is 0 Å². The summed E-state index contributed by atoms with van der Waals surface area (Å²) in [7, 11) is 0. The molecule has 1 aliphatic heterocycles. The minimum Gasteiger partial charge on any atom is -0.334 e. The molecule has 3 heterocycles. The topological polar surface area (TPSA) is 74.8 Å². The molecule has 126 valence electrons. The number of nitrogens with one attached hydrogen (secondary N) is 1. The fourth-order valence-corrected chi connectivity index (χ4v) is 3.99. The van der Waals surface area contributed by atoms with Crippen LogP contribution >= 0.6 is 0 Å². The van der Waals surface area contributed by atoms with E-state index in [-0.39, 0.29) is 5.91 Å². The van der Waals surface area contributed by atoms with E-state index in [9.17, 15) is 4.79 Å². The molecule has 0 saturated heterocycles. The first-order valence-electron chi connectivity index (χ1n) is 8.86. The van der Waals surface area contributed by atoms with E-state index in [1.54, 1.807) is 12.5 Å². The normalized spacial score (nSPS) is 18.5. The Morgan fingerprint density at radius 2 is 2.08 bits per heavy atom. The van der Waals surface area contributed by atoms with Crippen molar-refractivity contribution in [1.29, 1.82) is 0 Å². The molecule has 0 bridgehead atoms. The van der Waals surface area contributed by atoms with Crippen LogP contribution in [0.15, 0.2) is 12.5 Å². The molecule has 6 heteroatoms. The van der Waals surface area contributed by atoms with Crippen molar-refractivity contribution in [3.8, 4) is 0 Å². The molecule has 4 rings (SSSR count). The zero-order valence-electron chi connectivity index (χ0n) is 14.1. The molecule has 2 aromatic rings. The number of hydrogen-bond donors (Lipinski definition) is 1. The Hall–Kier alpha value is -2.24. The highest BCUT2D eigenvalue weighted by molar-refractivity contribution is 5.95. The number of aromatic nitrogens is 4. The number of carbonyl (C=O) groups excluding carboxylic acids is 1. The second-order valence-corrected chi connectivity index (χ2v) is 6.89. The highest BCUT2D eigenvalue weighted by Crippen LogP contribution is 2.34. The van der Waals surface area contributed by atoms with E-state index in [1.165, 1.54) is 19.3 Å². The Kier molecular flexibility index (Phi) is 4.04. The molecule has 1 aliphatic carbocycles. The maximum Gasteiger partial charge on any atom is 0.257 e. The van der Waals surface area contributed by atoms with Gasteiger partial charge >= 0.3 is 0 Å². The first-order chi connectivity index (χ1) is 11.7. The predicted molar refractivity (Wildman–Crippen MR) is 89.6 cm³/mol. The van der Waals surface area contributed by atoms with Crippen molar-refractivity contribution in [2.24, 2.45) is 0 Å². The molecule has 2 aromatic heterocycles. The van der Waals surface area contributed by atoms with Crippen LogP contribution in [0.25, 0.3) is 0 Å². The molecule has 1 saturated carbocycles. The Balaban J connectivity index is 1.57. The van der Waals surface area contributed by atoms with Crippen LogP contribution in [0.3, 0.4) is 0 Å². The molecule has 1 amide bonds. The van der Waals surface area contributed by atoms with E-state index >= 15 is 0 Å². The number of hydrogen-bond acceptors (Lipinski definition) is 4. The fourth-order valence-electron chi connectivity index (χ4n) is 3.99. The van der Waals surface area contributed by atoms with Crippen LogP contribution in [-0.4, -0.2) is 37.5 Å². The zero-order valence-corrected chi connectivity index (χ0v) is 14.1. The number of nitrogens with zero attached hydrogens (tertiary/aromatic N) is 4. The monoisotopic (exact) mass is 325 g/mol. The number of rotatable bonds is 2. The summed E-state index contributed by atoms with van der Waals surface area (Å²) in [5.41, 5.74) is 4.93. The van der Waals surface area contributed by atoms with Gasteiger partial charge in [-0.3, -0.25) is 9.89 Å². The van der Waals surface area contributed by atoms with Gasteiger partial charge in [0.1, 0.15) is 6.33 Å². The molecule has 24 heavy (non-hydrogen) atoms. The van der Waals surface area contributed by atoms with E-state index in [0.29, 0.717) is 19.0 Å². The van der Waals surface area contributed by atoms with E-state index < -0.39 is 0 Å². The third-order valence-corrected chi connectivity index (χ3v) is 5.42. The average molecular weight is 325 g/mol. The largest absolute Gasteiger partial charge is 0.334 e. The van der Waals surface area contributed by atoms with Gasteiger partial charge in [-0.2, -0.15) is 5.10 Å². The summed E-state index contributed by atoms with van der Waals surface area (Å²) < 4.78 is 0. The molecule has 0 radical (unpaired) electrons. The smallest absolute Gasteiger partial charge is 0.257 e. The summed E-state index contributed by atoms with van der Waals surface area (Å²) in [5, 5.41) is 7.28. The van der Waals surface area contributed by atoms with Gasteiger partial charge in [0.25, 0.3) is 5.91 Å². The summed E-state index contributed by atoms with van der Waals surface area (Å²) in [6.07, 6.45) is 10.2. The molecule has 0 unspecified atom stereocenters. The summed E-state index contributed by atoms with van der Waals surface area (Å²) in [4.78, 5) is 23.6. The van der Waals surface area contributed by atoms with Crippen molar-refractivity contribution in [3.05, 3.63) is 40.7 Å². The molecule has 1 N–H and O–H groups in total. The number of aryl methyl sites for hydroxylation is 1. The lowest BCUT2D eigenvalue weighted by Crippen LogP contribution is -2.37. The maximum atomic E-state index is 13.1. The van der Waals surface area contributed by atoms with Gasteiger partial charge in [-0.05, 0) is 19.8 Å². The average Bonchev–Trinajstić information content (AvgIpc) is 3.12. The van der Waals surface area contributed by atoms with Crippen LogP contribution in [0.5, 0.6) is 0 Å². The van der Waals surface area contributed by atoms with Crippen LogP contribution in [-0.2, 0) is 13.0 Å². The van der Waals surface area contributed by atoms with Gasteiger partial charge in [-0.1, -0.05) is 19.3 Å². The van der Waals surface area contributed by atoms with Crippen LogP contribution in [0.4, 0.5) is 0 Å². The van der Waals surface area contributed by atoms with Crippen molar-refractivity contribution in [2.45, 2.75) is 57.9 Å². The molecule has 0 aromatic carbocycles. The van der Waals surface area contributed by atoms with Crippen molar-refractivity contribution in [1.82, 2.24) is 25.1 Å². The van der Waals surface area contributed by atoms with Crippen molar-refractivity contribution in [2.75, 3.05) is 6.54 Å². The lowest BCUT2D eigenvalue weighted by molar-refractivity contribution is 0.0731. The summed E-state index contributed by atoms with van der Waals surface area (Å²) >= 11 is 0. The minimum absolute atomic E-state index is 0.0817. The number of aromatic amines is 1. The Bertz CT molecular complexity index is 748. The third-order valence-electron chi connectivity index (χ3n) is 5.42. The van der Waals surface area contributed by atoms with Crippen molar-refractivity contribution < 1.29 is 4.79 Å². The van der Waals surface area contributed by atoms with Crippen LogP contribution in [0, 0.1) is 6.92 Å². The van der Waals surface area contributed by atoms with Crippen LogP contribution < -0.4 is 0 Å². The van der Waals surface area contributed by atoms with E-state index in [1.807, 2.05) is 11.8 Å². The number of amides is 1. The summed E-state index contributed by atoms with van der Waals surface area (Å²) in [6, 6.07) is 0. The zero-order chi connectivity index (χ0) is 16.5. The first-order valence-corrected chi connectivity index (χ1v) is 8.86. The lowest BCUT2D eigenvalue weighted by atomic mass is 9.85. The van der Waals surface area contributed by atoms with E-state index in [2.05, 4.69) is 20.2 Å². The van der Waals surface area contributed by atoms with Crippen molar-refractivity contribution >= 4 is 5.91 Å². The van der Waals surface area contributed by atoms with Gasteiger partial charge < -0.3 is 4.90 Å². The molecular weight excluding hydrogens is 302 g/mol. The SMILES string of the molecule is Cc1ncnc2c1CN(C(=O)c1cn[nH]c1C1CCCCC1)CC2. The molecule has 0 atom stereocenters. The Morgan fingerprint density at radius 3 is 2.92 bits per heavy atom. The second kappa shape index (κ2) is 6.34. The van der Waals surface area contributed by atoms with Gasteiger partial charge in [0, 0.05) is 36.7 Å². The predicted octanol–water partition coefficient (Wildman–Crippen LogP) is 2.75. The lowest BCUT2D eigenvalue weighted by Gasteiger charge is -2.29. The molecule has 6 nitrogen and oxygen atoms in total. The number of carbonyl (C=O) groups is 1. The number of fused-ring (bicyclic) bond motifs is 1. The van der Waals surface area contributed by atoms with Gasteiger partial charge in [-0.15, -0.1) is 0 Å². The summed E-state index contributed by atoms with van der Waals surface area (Å²) in [6.45, 7) is 3.29. The Labute approximate surface area is 141 Å². The maximum absolute atomic E-state index is 13.1. The first kappa shape index (κ1) is 15.3. The fraction of sp³-hybridized carbons (Fsp3) is 0.556. The molecule has 2 aliphatic rings. The van der Waals surface area contributed by atoms with Gasteiger partial charge in [-0.25, -0.2) is 9.97 Å². The second-order valence-electron chi connectivity index (χ2n) is 6.89. The van der Waals surface area contributed by atoms with Crippen LogP contribution in [0.2, 0.25) is 0 Å². The number of H-pyrrole nitrogens is 1. The Morgan fingerprint density at radius 1 is 1.25 bits per heavy atom. The summed E-state index contributed by atoms with van der Waals surface area (Å²) in [5.74, 6) is 0.528. The van der Waals surface area contributed by atoms with E-state index in [0.717, 1.165) is 47.5 Å². The third kappa shape index (κ3) is 2.70. The quantitative estimate of drug-likeness (QED) is 0.921. The minimum atomic E-state index is 0.0817. The highest BCUT2D eigenvalue weighted by atomic mass is 16.2. The van der Waals surface area contributed by atoms with E-state index in [4.69, 9.17) is 0 Å². The molecular formula is C18H23N5O. The standard InChI is InChI=1S/C18H23N5O/c1-12-15-10-23(8-7-16(15)20-11-19-12)18(24)14-9-21-22-17(14)13-5-3-2-4-6-13/h9,11,13H,2-8,10H2,1H3,(H,21,22). The molecule has 0 spiro atoms. The molecule has 1 fully saturated rings. The van der Waals surface area contributed by atoms with Gasteiger partial charge in [0.2, 0.25) is 0 Å². The highest BCUT2D eigenvalue weighted by Gasteiger charge is 2.29. The van der Waals surface area contributed by atoms with Crippen LogP contribution in [0.1, 0.15) is 71.0 Å². The van der Waals surface area contributed by atoms with Gasteiger partial charge in [0.05, 0.1) is 23.1 Å². The van der Waals surface area contributed by atoms with Gasteiger partial charge in [0.15, 0.2) is 0 Å².